The van der Waals surface area contributed by atoms with Crippen LogP contribution in [0.5, 0.6) is 0 Å². The highest BCUT2D eigenvalue weighted by Crippen LogP contribution is 2.40. The molecule has 0 aliphatic carbocycles. The van der Waals surface area contributed by atoms with Gasteiger partial charge in [0.15, 0.2) is 0 Å². The number of amides is 1. The monoisotopic (exact) mass is 323 g/mol. The number of alkyl halides is 3. The predicted molar refractivity (Wildman–Crippen MR) is 68.5 cm³/mol. The number of carbonyl (C=O) groups excluding carboxylic acids is 1. The molecule has 1 amide bonds. The van der Waals surface area contributed by atoms with Crippen molar-refractivity contribution in [1.29, 1.82) is 0 Å². The molecule has 21 heavy (non-hydrogen) atoms. The highest BCUT2D eigenvalue weighted by molar-refractivity contribution is 7.17. The minimum Gasteiger partial charge on any atom is -0.478 e. The molecule has 0 saturated heterocycles. The number of hydrogen-bond acceptors (Lipinski definition) is 4. The first-order valence-corrected chi connectivity index (χ1v) is 6.73. The van der Waals surface area contributed by atoms with E-state index in [0.717, 1.165) is 11.3 Å². The molecule has 0 spiro atoms. The molecular formula is C12H12F3NO4S. The summed E-state index contributed by atoms with van der Waals surface area (Å²) in [4.78, 5) is 22.8. The number of carboxylic acids is 1. The Bertz CT molecular complexity index is 606. The molecule has 0 unspecified atom stereocenters. The van der Waals surface area contributed by atoms with Crippen molar-refractivity contribution in [3.8, 4) is 0 Å². The van der Waals surface area contributed by atoms with E-state index in [4.69, 9.17) is 4.74 Å². The molecule has 0 aromatic carbocycles. The molecule has 0 radical (unpaired) electrons. The summed E-state index contributed by atoms with van der Waals surface area (Å²) < 4.78 is 42.4. The van der Waals surface area contributed by atoms with Gasteiger partial charge >= 0.3 is 18.1 Å². The average Bonchev–Trinajstić information content (AvgIpc) is 2.63. The van der Waals surface area contributed by atoms with Crippen molar-refractivity contribution in [2.24, 2.45) is 0 Å². The van der Waals surface area contributed by atoms with Gasteiger partial charge in [-0.15, -0.1) is 11.3 Å². The van der Waals surface area contributed by atoms with E-state index in [9.17, 15) is 27.9 Å². The molecule has 0 saturated carbocycles. The zero-order valence-electron chi connectivity index (χ0n) is 11.1. The predicted octanol–water partition coefficient (Wildman–Crippen LogP) is 2.80. The lowest BCUT2D eigenvalue weighted by molar-refractivity contribution is -0.167. The van der Waals surface area contributed by atoms with Gasteiger partial charge in [0.25, 0.3) is 0 Å². The van der Waals surface area contributed by atoms with Crippen molar-refractivity contribution in [1.82, 2.24) is 0 Å². The standard InChI is InChI=1S/C12H12F3NO4S/c1-11(2)3-5-6(4-20-11)21-8(7(5)9(17)18)16-10(19)12(13,14)15/h3-4H2,1-2H3,(H,16,19)(H,17,18). The smallest absolute Gasteiger partial charge is 0.471 e. The Morgan fingerprint density at radius 2 is 2.00 bits per heavy atom. The van der Waals surface area contributed by atoms with Crippen LogP contribution in [0.15, 0.2) is 0 Å². The topological polar surface area (TPSA) is 75.6 Å². The normalized spacial score (nSPS) is 17.2. The van der Waals surface area contributed by atoms with E-state index in [1.807, 2.05) is 0 Å². The summed E-state index contributed by atoms with van der Waals surface area (Å²) in [5.74, 6) is -3.56. The van der Waals surface area contributed by atoms with Crippen LogP contribution in [-0.4, -0.2) is 28.8 Å². The van der Waals surface area contributed by atoms with Crippen molar-refractivity contribution >= 4 is 28.2 Å². The Morgan fingerprint density at radius 3 is 2.52 bits per heavy atom. The van der Waals surface area contributed by atoms with Crippen LogP contribution < -0.4 is 5.32 Å². The molecule has 1 aliphatic heterocycles. The molecule has 9 heteroatoms. The second-order valence-electron chi connectivity index (χ2n) is 5.19. The fourth-order valence-corrected chi connectivity index (χ4v) is 3.16. The number of thiophene rings is 1. The van der Waals surface area contributed by atoms with E-state index in [1.165, 1.54) is 0 Å². The van der Waals surface area contributed by atoms with Crippen LogP contribution in [0.3, 0.4) is 0 Å². The number of carbonyl (C=O) groups is 2. The fourth-order valence-electron chi connectivity index (χ4n) is 2.04. The minimum atomic E-state index is -5.07. The summed E-state index contributed by atoms with van der Waals surface area (Å²) >= 11 is 0.798. The second-order valence-corrected chi connectivity index (χ2v) is 6.30. The number of carboxylic acid groups (broad SMARTS) is 1. The molecule has 5 nitrogen and oxygen atoms in total. The Kier molecular flexibility index (Phi) is 3.75. The van der Waals surface area contributed by atoms with Crippen molar-refractivity contribution in [3.05, 3.63) is 16.0 Å². The molecular weight excluding hydrogens is 311 g/mol. The highest BCUT2D eigenvalue weighted by atomic mass is 32.1. The van der Waals surface area contributed by atoms with Gasteiger partial charge in [-0.2, -0.15) is 13.2 Å². The van der Waals surface area contributed by atoms with Crippen LogP contribution in [0.4, 0.5) is 18.2 Å². The summed E-state index contributed by atoms with van der Waals surface area (Å²) in [7, 11) is 0. The zero-order chi connectivity index (χ0) is 16.0. The van der Waals surface area contributed by atoms with Crippen molar-refractivity contribution in [2.75, 3.05) is 5.32 Å². The number of aromatic carboxylic acids is 1. The molecule has 2 N–H and O–H groups in total. The first-order valence-electron chi connectivity index (χ1n) is 5.91. The highest BCUT2D eigenvalue weighted by Gasteiger charge is 2.41. The molecule has 116 valence electrons. The second kappa shape index (κ2) is 4.99. The molecule has 2 rings (SSSR count). The van der Waals surface area contributed by atoms with E-state index in [0.29, 0.717) is 10.4 Å². The maximum Gasteiger partial charge on any atom is 0.471 e. The van der Waals surface area contributed by atoms with Crippen LogP contribution >= 0.6 is 11.3 Å². The lowest BCUT2D eigenvalue weighted by atomic mass is 9.93. The first-order chi connectivity index (χ1) is 9.51. The molecule has 1 aliphatic rings. The lowest BCUT2D eigenvalue weighted by Crippen LogP contribution is -2.32. The van der Waals surface area contributed by atoms with Crippen molar-refractivity contribution in [2.45, 2.75) is 38.7 Å². The average molecular weight is 323 g/mol. The van der Waals surface area contributed by atoms with E-state index >= 15 is 0 Å². The Labute approximate surface area is 121 Å². The minimum absolute atomic E-state index is 0.106. The summed E-state index contributed by atoms with van der Waals surface area (Å²) in [5.41, 5.74) is -0.478. The van der Waals surface area contributed by atoms with E-state index in [1.54, 1.807) is 19.2 Å². The number of ether oxygens (including phenoxy) is 1. The molecule has 2 heterocycles. The Balaban J connectivity index is 2.42. The quantitative estimate of drug-likeness (QED) is 0.877. The number of fused-ring (bicyclic) bond motifs is 1. The van der Waals surface area contributed by atoms with Crippen LogP contribution in [-0.2, 0) is 22.6 Å². The molecule has 1 aromatic heterocycles. The number of rotatable bonds is 2. The molecule has 1 aromatic rings. The zero-order valence-corrected chi connectivity index (χ0v) is 11.9. The third-order valence-electron chi connectivity index (χ3n) is 2.99. The van der Waals surface area contributed by atoms with Crippen LogP contribution in [0.1, 0.15) is 34.6 Å². The van der Waals surface area contributed by atoms with Gasteiger partial charge in [-0.25, -0.2) is 4.79 Å². The molecule has 0 atom stereocenters. The van der Waals surface area contributed by atoms with E-state index < -0.39 is 23.7 Å². The summed E-state index contributed by atoms with van der Waals surface area (Å²) in [6.07, 6.45) is -4.82. The summed E-state index contributed by atoms with van der Waals surface area (Å²) in [5, 5.41) is 10.6. The van der Waals surface area contributed by atoms with Gasteiger partial charge in [0.05, 0.1) is 17.8 Å². The Morgan fingerprint density at radius 1 is 1.38 bits per heavy atom. The number of anilines is 1. The van der Waals surface area contributed by atoms with Crippen molar-refractivity contribution < 1.29 is 32.6 Å². The number of hydrogen-bond donors (Lipinski definition) is 2. The number of nitrogens with one attached hydrogen (secondary N) is 1. The van der Waals surface area contributed by atoms with Gasteiger partial charge in [-0.05, 0) is 19.4 Å². The van der Waals surface area contributed by atoms with E-state index in [-0.39, 0.29) is 23.6 Å². The van der Waals surface area contributed by atoms with Crippen molar-refractivity contribution in [3.63, 3.8) is 0 Å². The van der Waals surface area contributed by atoms with Crippen LogP contribution in [0, 0.1) is 0 Å². The molecule has 0 bridgehead atoms. The van der Waals surface area contributed by atoms with E-state index in [2.05, 4.69) is 0 Å². The summed E-state index contributed by atoms with van der Waals surface area (Å²) in [6, 6.07) is 0. The van der Waals surface area contributed by atoms with Crippen LogP contribution in [0.2, 0.25) is 0 Å². The SMILES string of the molecule is CC1(C)Cc2c(sc(NC(=O)C(F)(F)F)c2C(=O)O)CO1. The van der Waals surface area contributed by atoms with Gasteiger partial charge in [0.2, 0.25) is 0 Å². The lowest BCUT2D eigenvalue weighted by Gasteiger charge is -2.30. The summed E-state index contributed by atoms with van der Waals surface area (Å²) in [6.45, 7) is 3.62. The maximum atomic E-state index is 12.3. The first kappa shape index (κ1) is 15.8. The fraction of sp³-hybridized carbons (Fsp3) is 0.500. The number of halogens is 3. The molecule has 0 fully saturated rings. The van der Waals surface area contributed by atoms with Gasteiger partial charge in [0, 0.05) is 11.3 Å². The maximum absolute atomic E-state index is 12.3. The van der Waals surface area contributed by atoms with Gasteiger partial charge < -0.3 is 15.2 Å². The largest absolute Gasteiger partial charge is 0.478 e. The van der Waals surface area contributed by atoms with Gasteiger partial charge in [-0.1, -0.05) is 0 Å². The van der Waals surface area contributed by atoms with Crippen LogP contribution in [0.25, 0.3) is 0 Å². The Hall–Kier alpha value is -1.61. The third kappa shape index (κ3) is 3.18. The van der Waals surface area contributed by atoms with Gasteiger partial charge in [-0.3, -0.25) is 4.79 Å². The van der Waals surface area contributed by atoms with Gasteiger partial charge in [0.1, 0.15) is 5.00 Å². The third-order valence-corrected chi connectivity index (χ3v) is 4.11.